The van der Waals surface area contributed by atoms with Crippen LogP contribution in [0.3, 0.4) is 0 Å². The summed E-state index contributed by atoms with van der Waals surface area (Å²) in [4.78, 5) is 24.5. The first kappa shape index (κ1) is 20.0. The van der Waals surface area contributed by atoms with Gasteiger partial charge in [0.2, 0.25) is 0 Å². The lowest BCUT2D eigenvalue weighted by molar-refractivity contribution is -0.155. The predicted octanol–water partition coefficient (Wildman–Crippen LogP) is 1.59. The van der Waals surface area contributed by atoms with E-state index < -0.39 is 11.5 Å². The first-order chi connectivity index (χ1) is 12.0. The van der Waals surface area contributed by atoms with Crippen LogP contribution in [0.25, 0.3) is 0 Å². The minimum Gasteiger partial charge on any atom is -0.465 e. The van der Waals surface area contributed by atoms with E-state index >= 15 is 0 Å². The number of esters is 1. The monoisotopic (exact) mass is 356 g/mol. The number of rotatable bonds is 7. The van der Waals surface area contributed by atoms with Crippen LogP contribution in [0.5, 0.6) is 0 Å². The van der Waals surface area contributed by atoms with Crippen molar-refractivity contribution in [2.45, 2.75) is 64.5 Å². The van der Waals surface area contributed by atoms with Gasteiger partial charge in [0.05, 0.1) is 38.5 Å². The molecule has 1 aliphatic carbocycles. The van der Waals surface area contributed by atoms with E-state index in [1.165, 1.54) is 19.3 Å². The quantitative estimate of drug-likeness (QED) is 0.602. The lowest BCUT2D eigenvalue weighted by Gasteiger charge is -2.29. The Morgan fingerprint density at radius 2 is 2.04 bits per heavy atom. The summed E-state index contributed by atoms with van der Waals surface area (Å²) in [6, 6.07) is -1.08. The minimum absolute atomic E-state index is 0.0831. The van der Waals surface area contributed by atoms with Gasteiger partial charge < -0.3 is 25.2 Å². The fraction of sp³-hybridized carbons (Fsp3) is 0.889. The third kappa shape index (κ3) is 5.31. The van der Waals surface area contributed by atoms with Crippen LogP contribution in [0.2, 0.25) is 0 Å². The van der Waals surface area contributed by atoms with E-state index in [1.807, 2.05) is 0 Å². The number of urea groups is 1. The average Bonchev–Trinajstić information content (AvgIpc) is 2.97. The topological polar surface area (TPSA) is 96.9 Å². The second-order valence-electron chi connectivity index (χ2n) is 7.44. The molecule has 2 aliphatic rings. The molecule has 2 fully saturated rings. The van der Waals surface area contributed by atoms with Crippen molar-refractivity contribution >= 4 is 12.0 Å². The Bertz CT molecular complexity index is 453. The van der Waals surface area contributed by atoms with Gasteiger partial charge in [-0.15, -0.1) is 0 Å². The molecule has 0 aromatic carbocycles. The molecule has 3 atom stereocenters. The summed E-state index contributed by atoms with van der Waals surface area (Å²) in [5.74, 6) is 0.199. The van der Waals surface area contributed by atoms with Gasteiger partial charge in [0.25, 0.3) is 0 Å². The molecule has 7 nitrogen and oxygen atoms in total. The molecule has 2 rings (SSSR count). The van der Waals surface area contributed by atoms with Gasteiger partial charge in [-0.05, 0) is 26.2 Å². The zero-order chi connectivity index (χ0) is 18.3. The van der Waals surface area contributed by atoms with Crippen molar-refractivity contribution in [3.05, 3.63) is 0 Å². The molecule has 0 radical (unpaired) electrons. The molecule has 1 aliphatic heterocycles. The van der Waals surface area contributed by atoms with Crippen LogP contribution in [-0.4, -0.2) is 55.6 Å². The first-order valence-corrected chi connectivity index (χ1v) is 9.42. The van der Waals surface area contributed by atoms with Gasteiger partial charge in [-0.2, -0.15) is 0 Å². The summed E-state index contributed by atoms with van der Waals surface area (Å²) in [5, 5.41) is 15.3. The van der Waals surface area contributed by atoms with Gasteiger partial charge in [0, 0.05) is 0 Å². The number of aliphatic hydroxyl groups excluding tert-OH is 1. The van der Waals surface area contributed by atoms with Crippen molar-refractivity contribution in [1.29, 1.82) is 0 Å². The van der Waals surface area contributed by atoms with Gasteiger partial charge in [0.1, 0.15) is 5.41 Å². The molecule has 7 heteroatoms. The molecule has 1 saturated heterocycles. The molecule has 25 heavy (non-hydrogen) atoms. The van der Waals surface area contributed by atoms with Crippen LogP contribution in [0.4, 0.5) is 4.79 Å². The zero-order valence-electron chi connectivity index (χ0n) is 15.4. The molecule has 1 saturated carbocycles. The maximum Gasteiger partial charge on any atom is 0.316 e. The third-order valence-corrected chi connectivity index (χ3v) is 5.40. The standard InChI is InChI=1S/C18H32N2O5/c1-3-25-16(22)18(2)12-24-11-15(18)20-17(23)19-14(10-21)9-13-7-5-4-6-8-13/h13-15,21H,3-12H2,1-2H3,(H2,19,20,23). The largest absolute Gasteiger partial charge is 0.465 e. The molecule has 1 heterocycles. The maximum absolute atomic E-state index is 12.3. The Hall–Kier alpha value is -1.34. The van der Waals surface area contributed by atoms with E-state index in [0.29, 0.717) is 12.5 Å². The minimum atomic E-state index is -0.884. The number of hydrogen-bond acceptors (Lipinski definition) is 5. The normalized spacial score (nSPS) is 28.4. The fourth-order valence-electron chi connectivity index (χ4n) is 3.76. The average molecular weight is 356 g/mol. The summed E-state index contributed by atoms with van der Waals surface area (Å²) in [6.45, 7) is 4.21. The molecule has 2 amide bonds. The number of ether oxygens (including phenoxy) is 2. The summed E-state index contributed by atoms with van der Waals surface area (Å²) in [7, 11) is 0. The van der Waals surface area contributed by atoms with Crippen molar-refractivity contribution < 1.29 is 24.2 Å². The SMILES string of the molecule is CCOC(=O)C1(C)COCC1NC(=O)NC(CO)CC1CCCCC1. The second-order valence-corrected chi connectivity index (χ2v) is 7.44. The first-order valence-electron chi connectivity index (χ1n) is 9.42. The van der Waals surface area contributed by atoms with Crippen molar-refractivity contribution in [3.63, 3.8) is 0 Å². The van der Waals surface area contributed by atoms with Gasteiger partial charge >= 0.3 is 12.0 Å². The van der Waals surface area contributed by atoms with Crippen LogP contribution in [0.1, 0.15) is 52.4 Å². The van der Waals surface area contributed by atoms with Crippen molar-refractivity contribution in [2.24, 2.45) is 11.3 Å². The van der Waals surface area contributed by atoms with Gasteiger partial charge in [0.15, 0.2) is 0 Å². The number of hydrogen-bond donors (Lipinski definition) is 3. The maximum atomic E-state index is 12.3. The van der Waals surface area contributed by atoms with E-state index in [9.17, 15) is 14.7 Å². The van der Waals surface area contributed by atoms with E-state index in [2.05, 4.69) is 10.6 Å². The molecule has 144 valence electrons. The molecule has 0 aromatic rings. The van der Waals surface area contributed by atoms with E-state index in [0.717, 1.165) is 19.3 Å². The number of aliphatic hydroxyl groups is 1. The van der Waals surface area contributed by atoms with Crippen molar-refractivity contribution in [3.8, 4) is 0 Å². The molecule has 0 spiro atoms. The second kappa shape index (κ2) is 9.38. The zero-order valence-corrected chi connectivity index (χ0v) is 15.4. The molecular weight excluding hydrogens is 324 g/mol. The highest BCUT2D eigenvalue weighted by Crippen LogP contribution is 2.30. The number of amides is 2. The van der Waals surface area contributed by atoms with E-state index in [4.69, 9.17) is 9.47 Å². The third-order valence-electron chi connectivity index (χ3n) is 5.40. The van der Waals surface area contributed by atoms with Gasteiger partial charge in [-0.3, -0.25) is 4.79 Å². The van der Waals surface area contributed by atoms with Gasteiger partial charge in [-0.25, -0.2) is 4.79 Å². The Morgan fingerprint density at radius 1 is 1.32 bits per heavy atom. The molecule has 3 N–H and O–H groups in total. The van der Waals surface area contributed by atoms with Gasteiger partial charge in [-0.1, -0.05) is 32.1 Å². The predicted molar refractivity (Wildman–Crippen MR) is 93.1 cm³/mol. The molecule has 0 bridgehead atoms. The summed E-state index contributed by atoms with van der Waals surface area (Å²) >= 11 is 0. The van der Waals surface area contributed by atoms with Crippen LogP contribution < -0.4 is 10.6 Å². The summed E-state index contributed by atoms with van der Waals surface area (Å²) in [5.41, 5.74) is -0.884. The van der Waals surface area contributed by atoms with Crippen LogP contribution in [-0.2, 0) is 14.3 Å². The number of nitrogens with one attached hydrogen (secondary N) is 2. The number of carbonyl (C=O) groups is 2. The van der Waals surface area contributed by atoms with E-state index in [1.54, 1.807) is 13.8 Å². The fourth-order valence-corrected chi connectivity index (χ4v) is 3.76. The Kier molecular flexibility index (Phi) is 7.50. The lowest BCUT2D eigenvalue weighted by atomic mass is 9.85. The molecular formula is C18H32N2O5. The van der Waals surface area contributed by atoms with Crippen molar-refractivity contribution in [2.75, 3.05) is 26.4 Å². The highest BCUT2D eigenvalue weighted by Gasteiger charge is 2.48. The van der Waals surface area contributed by atoms with Crippen LogP contribution >= 0.6 is 0 Å². The highest BCUT2D eigenvalue weighted by molar-refractivity contribution is 5.80. The summed E-state index contributed by atoms with van der Waals surface area (Å²) < 4.78 is 10.5. The molecule has 0 aromatic heterocycles. The Morgan fingerprint density at radius 3 is 2.68 bits per heavy atom. The van der Waals surface area contributed by atoms with E-state index in [-0.39, 0.29) is 37.9 Å². The summed E-state index contributed by atoms with van der Waals surface area (Å²) in [6.07, 6.45) is 6.86. The smallest absolute Gasteiger partial charge is 0.316 e. The number of carbonyl (C=O) groups excluding carboxylic acids is 2. The van der Waals surface area contributed by atoms with Crippen LogP contribution in [0, 0.1) is 11.3 Å². The Balaban J connectivity index is 1.85. The van der Waals surface area contributed by atoms with Crippen molar-refractivity contribution in [1.82, 2.24) is 10.6 Å². The molecule has 3 unspecified atom stereocenters. The Labute approximate surface area is 149 Å². The highest BCUT2D eigenvalue weighted by atomic mass is 16.5. The van der Waals surface area contributed by atoms with Crippen LogP contribution in [0.15, 0.2) is 0 Å². The lowest BCUT2D eigenvalue weighted by Crippen LogP contribution is -2.55.